The Bertz CT molecular complexity index is 1460. The number of ether oxygens (including phenoxy) is 1. The number of methoxy groups -OCH3 is 1. The Labute approximate surface area is 206 Å². The minimum Gasteiger partial charge on any atom is -0.481 e. The van der Waals surface area contributed by atoms with Crippen LogP contribution >= 0.6 is 0 Å². The predicted molar refractivity (Wildman–Crippen MR) is 133 cm³/mol. The summed E-state index contributed by atoms with van der Waals surface area (Å²) in [5.74, 6) is -2.66. The molecule has 0 unspecified atom stereocenters. The standard InChI is InChI=1S/C27H26N2O7/c1-35-24-13-11-19(16-28-24)18-9-6-17(7-10-18)8-12-22(30)20(26(32)33)14-15-29-25(31)21-4-2-3-5-23(21)36-27(29)34/h2-7,9-11,13,16,20,22,30H,8,12,14-15H2,1H3,(H,32,33)/t20-,22+/m0/s1. The maximum Gasteiger partial charge on any atom is 0.422 e. The maximum atomic E-state index is 12.7. The van der Waals surface area contributed by atoms with Gasteiger partial charge in [0.1, 0.15) is 5.58 Å². The molecule has 0 fully saturated rings. The van der Waals surface area contributed by atoms with Gasteiger partial charge in [0.05, 0.1) is 24.5 Å². The summed E-state index contributed by atoms with van der Waals surface area (Å²) in [4.78, 5) is 41.0. The number of benzene rings is 2. The van der Waals surface area contributed by atoms with Crippen molar-refractivity contribution >= 4 is 16.9 Å². The van der Waals surface area contributed by atoms with Crippen molar-refractivity contribution in [3.05, 3.63) is 93.3 Å². The van der Waals surface area contributed by atoms with Gasteiger partial charge in [0.25, 0.3) is 5.56 Å². The van der Waals surface area contributed by atoms with Gasteiger partial charge in [0.2, 0.25) is 5.88 Å². The third-order valence-corrected chi connectivity index (χ3v) is 6.19. The Kier molecular flexibility index (Phi) is 7.60. The van der Waals surface area contributed by atoms with E-state index in [9.17, 15) is 24.6 Å². The van der Waals surface area contributed by atoms with E-state index in [4.69, 9.17) is 9.15 Å². The van der Waals surface area contributed by atoms with Crippen molar-refractivity contribution < 1.29 is 24.2 Å². The van der Waals surface area contributed by atoms with Gasteiger partial charge in [-0.25, -0.2) is 14.3 Å². The molecule has 2 heterocycles. The molecule has 0 aliphatic rings. The molecular formula is C27H26N2O7. The minimum atomic E-state index is -1.19. The molecule has 36 heavy (non-hydrogen) atoms. The highest BCUT2D eigenvalue weighted by atomic mass is 16.5. The molecule has 2 aromatic heterocycles. The summed E-state index contributed by atoms with van der Waals surface area (Å²) in [6.07, 6.45) is 1.14. The van der Waals surface area contributed by atoms with Crippen LogP contribution < -0.4 is 16.1 Å². The molecule has 0 bridgehead atoms. The molecule has 0 aliphatic carbocycles. The Hall–Kier alpha value is -4.24. The normalized spacial score (nSPS) is 12.8. The van der Waals surface area contributed by atoms with Gasteiger partial charge in [0, 0.05) is 24.4 Å². The second-order valence-electron chi connectivity index (χ2n) is 8.45. The van der Waals surface area contributed by atoms with E-state index >= 15 is 0 Å². The van der Waals surface area contributed by atoms with Crippen LogP contribution in [0.4, 0.5) is 0 Å². The zero-order chi connectivity index (χ0) is 25.7. The summed E-state index contributed by atoms with van der Waals surface area (Å²) in [6.45, 7) is -0.176. The van der Waals surface area contributed by atoms with Gasteiger partial charge in [-0.15, -0.1) is 0 Å². The van der Waals surface area contributed by atoms with Crippen molar-refractivity contribution in [3.63, 3.8) is 0 Å². The molecule has 0 radical (unpaired) electrons. The number of rotatable bonds is 10. The minimum absolute atomic E-state index is 0.0943. The van der Waals surface area contributed by atoms with Gasteiger partial charge in [-0.3, -0.25) is 9.59 Å². The SMILES string of the molecule is COc1ccc(-c2ccc(CC[C@@H](O)[C@H](CCn3c(=O)oc4ccccc4c3=O)C(=O)O)cc2)cn1. The lowest BCUT2D eigenvalue weighted by Gasteiger charge is -2.19. The number of hydrogen-bond acceptors (Lipinski definition) is 7. The van der Waals surface area contributed by atoms with Crippen LogP contribution in [-0.2, 0) is 17.8 Å². The number of aliphatic hydroxyl groups excluding tert-OH is 1. The fourth-order valence-corrected chi connectivity index (χ4v) is 4.10. The van der Waals surface area contributed by atoms with Crippen LogP contribution in [0, 0.1) is 5.92 Å². The van der Waals surface area contributed by atoms with Crippen LogP contribution in [-0.4, -0.2) is 38.9 Å². The average molecular weight is 491 g/mol. The van der Waals surface area contributed by atoms with Crippen molar-refractivity contribution in [1.82, 2.24) is 9.55 Å². The van der Waals surface area contributed by atoms with E-state index in [2.05, 4.69) is 4.98 Å². The highest BCUT2D eigenvalue weighted by Crippen LogP contribution is 2.22. The number of carbonyl (C=O) groups is 1. The smallest absolute Gasteiger partial charge is 0.422 e. The van der Waals surface area contributed by atoms with Crippen molar-refractivity contribution in [2.45, 2.75) is 31.9 Å². The first-order valence-electron chi connectivity index (χ1n) is 11.5. The zero-order valence-corrected chi connectivity index (χ0v) is 19.7. The fourth-order valence-electron chi connectivity index (χ4n) is 4.10. The molecule has 0 amide bonds. The number of aromatic nitrogens is 2. The topological polar surface area (TPSA) is 132 Å². The van der Waals surface area contributed by atoms with E-state index in [1.54, 1.807) is 31.5 Å². The first-order chi connectivity index (χ1) is 17.4. The molecule has 186 valence electrons. The van der Waals surface area contributed by atoms with Gasteiger partial charge >= 0.3 is 11.7 Å². The number of para-hydroxylation sites is 1. The van der Waals surface area contributed by atoms with Crippen molar-refractivity contribution in [1.29, 1.82) is 0 Å². The lowest BCUT2D eigenvalue weighted by molar-refractivity contribution is -0.146. The fraction of sp³-hybridized carbons (Fsp3) is 0.259. The summed E-state index contributed by atoms with van der Waals surface area (Å²) < 4.78 is 11.1. The first kappa shape index (κ1) is 24.9. The van der Waals surface area contributed by atoms with Crippen molar-refractivity contribution in [2.24, 2.45) is 5.92 Å². The molecule has 2 N–H and O–H groups in total. The van der Waals surface area contributed by atoms with Gasteiger partial charge in [-0.2, -0.15) is 0 Å². The molecule has 0 spiro atoms. The number of fused-ring (bicyclic) bond motifs is 1. The average Bonchev–Trinajstić information content (AvgIpc) is 2.89. The van der Waals surface area contributed by atoms with E-state index in [1.165, 1.54) is 12.1 Å². The molecule has 0 aliphatic heterocycles. The third kappa shape index (κ3) is 5.52. The zero-order valence-electron chi connectivity index (χ0n) is 19.7. The number of carboxylic acid groups (broad SMARTS) is 1. The van der Waals surface area contributed by atoms with E-state index in [-0.39, 0.29) is 30.4 Å². The van der Waals surface area contributed by atoms with E-state index in [1.807, 2.05) is 30.3 Å². The maximum absolute atomic E-state index is 12.7. The summed E-state index contributed by atoms with van der Waals surface area (Å²) >= 11 is 0. The van der Waals surface area contributed by atoms with Crippen molar-refractivity contribution in [3.8, 4) is 17.0 Å². The number of aliphatic hydroxyl groups is 1. The van der Waals surface area contributed by atoms with E-state index in [0.717, 1.165) is 21.3 Å². The molecule has 4 aromatic rings. The molecular weight excluding hydrogens is 464 g/mol. The largest absolute Gasteiger partial charge is 0.481 e. The monoisotopic (exact) mass is 490 g/mol. The summed E-state index contributed by atoms with van der Waals surface area (Å²) in [7, 11) is 1.56. The van der Waals surface area contributed by atoms with Gasteiger partial charge < -0.3 is 19.4 Å². The lowest BCUT2D eigenvalue weighted by Crippen LogP contribution is -2.36. The first-order valence-corrected chi connectivity index (χ1v) is 11.5. The van der Waals surface area contributed by atoms with Crippen LogP contribution in [0.15, 0.2) is 80.9 Å². The second-order valence-corrected chi connectivity index (χ2v) is 8.45. The molecule has 0 saturated heterocycles. The van der Waals surface area contributed by atoms with Gasteiger partial charge in [0.15, 0.2) is 0 Å². The number of hydrogen-bond donors (Lipinski definition) is 2. The number of pyridine rings is 1. The Balaban J connectivity index is 1.39. The Morgan fingerprint density at radius 1 is 1.03 bits per heavy atom. The molecule has 2 aromatic carbocycles. The summed E-state index contributed by atoms with van der Waals surface area (Å²) in [6, 6.07) is 17.8. The van der Waals surface area contributed by atoms with E-state index < -0.39 is 29.3 Å². The molecule has 0 saturated carbocycles. The number of aliphatic carboxylic acids is 1. The number of nitrogens with zero attached hydrogens (tertiary/aromatic N) is 2. The third-order valence-electron chi connectivity index (χ3n) is 6.19. The molecule has 4 rings (SSSR count). The van der Waals surface area contributed by atoms with Crippen LogP contribution in [0.1, 0.15) is 18.4 Å². The quantitative estimate of drug-likeness (QED) is 0.347. The highest BCUT2D eigenvalue weighted by Gasteiger charge is 2.27. The van der Waals surface area contributed by atoms with Gasteiger partial charge in [-0.05, 0) is 48.6 Å². The van der Waals surface area contributed by atoms with Crippen LogP contribution in [0.3, 0.4) is 0 Å². The van der Waals surface area contributed by atoms with Crippen LogP contribution in [0.5, 0.6) is 5.88 Å². The lowest BCUT2D eigenvalue weighted by atomic mass is 9.93. The van der Waals surface area contributed by atoms with Crippen LogP contribution in [0.25, 0.3) is 22.1 Å². The van der Waals surface area contributed by atoms with Crippen LogP contribution in [0.2, 0.25) is 0 Å². The summed E-state index contributed by atoms with van der Waals surface area (Å²) in [5, 5.41) is 20.5. The number of carboxylic acids is 1. The molecule has 9 heteroatoms. The highest BCUT2D eigenvalue weighted by molar-refractivity contribution is 5.75. The number of aryl methyl sites for hydroxylation is 1. The Morgan fingerprint density at radius 3 is 2.42 bits per heavy atom. The second kappa shape index (κ2) is 11.0. The summed E-state index contributed by atoms with van der Waals surface area (Å²) in [5.41, 5.74) is 2.47. The van der Waals surface area contributed by atoms with Crippen molar-refractivity contribution in [2.75, 3.05) is 7.11 Å². The Morgan fingerprint density at radius 2 is 1.75 bits per heavy atom. The van der Waals surface area contributed by atoms with E-state index in [0.29, 0.717) is 12.3 Å². The molecule has 9 nitrogen and oxygen atoms in total. The van der Waals surface area contributed by atoms with Gasteiger partial charge in [-0.1, -0.05) is 36.4 Å². The predicted octanol–water partition coefficient (Wildman–Crippen LogP) is 3.11. The molecule has 2 atom stereocenters.